The SMILES string of the molecule is C1COCCN1.Cc1cc2cccc(Br)c2s1.Cc1cc2cccc(N3CCOCC3)c2s1.O=C=O.O=C=O. The lowest BCUT2D eigenvalue weighted by atomic mass is 10.2. The summed E-state index contributed by atoms with van der Waals surface area (Å²) in [5, 5.41) is 5.86. The van der Waals surface area contributed by atoms with Crippen LogP contribution in [0.3, 0.4) is 0 Å². The summed E-state index contributed by atoms with van der Waals surface area (Å²) in [5.74, 6) is 0. The van der Waals surface area contributed by atoms with E-state index in [2.05, 4.69) is 88.5 Å². The molecule has 2 aliphatic rings. The lowest BCUT2D eigenvalue weighted by molar-refractivity contribution is -0.193. The van der Waals surface area contributed by atoms with Crippen LogP contribution in [0.25, 0.3) is 20.2 Å². The van der Waals surface area contributed by atoms with Gasteiger partial charge < -0.3 is 19.7 Å². The Morgan fingerprint density at radius 2 is 1.26 bits per heavy atom. The van der Waals surface area contributed by atoms with Gasteiger partial charge in [-0.1, -0.05) is 24.3 Å². The molecular formula is C28H31BrN2O6S2. The second-order valence-electron chi connectivity index (χ2n) is 8.20. The third kappa shape index (κ3) is 11.1. The van der Waals surface area contributed by atoms with Gasteiger partial charge in [-0.3, -0.25) is 0 Å². The van der Waals surface area contributed by atoms with Gasteiger partial charge >= 0.3 is 12.3 Å². The topological polar surface area (TPSA) is 102 Å². The number of nitrogens with zero attached hydrogens (tertiary/aromatic N) is 1. The number of hydrogen-bond donors (Lipinski definition) is 1. The molecule has 2 aliphatic heterocycles. The molecule has 2 fully saturated rings. The quantitative estimate of drug-likeness (QED) is 0.295. The summed E-state index contributed by atoms with van der Waals surface area (Å²) in [7, 11) is 0. The number of aryl methyl sites for hydroxylation is 2. The van der Waals surface area contributed by atoms with Crippen molar-refractivity contribution < 1.29 is 28.7 Å². The number of halogens is 1. The fourth-order valence-corrected chi connectivity index (χ4v) is 6.50. The minimum Gasteiger partial charge on any atom is -0.379 e. The highest BCUT2D eigenvalue weighted by molar-refractivity contribution is 9.10. The Kier molecular flexibility index (Phi) is 15.5. The molecular weight excluding hydrogens is 604 g/mol. The maximum atomic E-state index is 8.12. The van der Waals surface area contributed by atoms with Crippen molar-refractivity contribution in [2.45, 2.75) is 13.8 Å². The Bertz CT molecular complexity index is 1330. The van der Waals surface area contributed by atoms with Crippen LogP contribution in [-0.2, 0) is 28.7 Å². The van der Waals surface area contributed by atoms with Crippen LogP contribution < -0.4 is 10.2 Å². The molecule has 8 nitrogen and oxygen atoms in total. The van der Waals surface area contributed by atoms with Gasteiger partial charge in [0, 0.05) is 45.1 Å². The number of rotatable bonds is 1. The average molecular weight is 636 g/mol. The Balaban J connectivity index is 0.000000201. The molecule has 6 rings (SSSR count). The zero-order valence-corrected chi connectivity index (χ0v) is 25.1. The fraction of sp³-hybridized carbons (Fsp3) is 0.357. The van der Waals surface area contributed by atoms with E-state index in [1.165, 1.54) is 40.1 Å². The van der Waals surface area contributed by atoms with Gasteiger partial charge in [-0.15, -0.1) is 22.7 Å². The Hall–Kier alpha value is -2.72. The van der Waals surface area contributed by atoms with Crippen LogP contribution in [0.5, 0.6) is 0 Å². The molecule has 0 unspecified atom stereocenters. The van der Waals surface area contributed by atoms with E-state index in [0.29, 0.717) is 0 Å². The van der Waals surface area contributed by atoms with Crippen molar-refractivity contribution >= 4 is 76.8 Å². The van der Waals surface area contributed by atoms with Crippen LogP contribution in [-0.4, -0.2) is 64.9 Å². The van der Waals surface area contributed by atoms with Crippen LogP contribution in [0, 0.1) is 13.8 Å². The largest absolute Gasteiger partial charge is 0.379 e. The third-order valence-electron chi connectivity index (χ3n) is 5.46. The summed E-state index contributed by atoms with van der Waals surface area (Å²) in [5.41, 5.74) is 1.37. The predicted molar refractivity (Wildman–Crippen MR) is 158 cm³/mol. The lowest BCUT2D eigenvalue weighted by Crippen LogP contribution is -2.36. The molecule has 1 N–H and O–H groups in total. The number of anilines is 1. The molecule has 0 saturated carbocycles. The van der Waals surface area contributed by atoms with Crippen LogP contribution >= 0.6 is 38.6 Å². The van der Waals surface area contributed by atoms with Crippen molar-refractivity contribution in [3.8, 4) is 0 Å². The normalized spacial score (nSPS) is 14.1. The third-order valence-corrected chi connectivity index (χ3v) is 8.58. The minimum atomic E-state index is 0.250. The van der Waals surface area contributed by atoms with Crippen molar-refractivity contribution in [2.75, 3.05) is 57.5 Å². The number of thiophene rings is 2. The molecule has 0 aliphatic carbocycles. The summed E-state index contributed by atoms with van der Waals surface area (Å²) >= 11 is 7.24. The summed E-state index contributed by atoms with van der Waals surface area (Å²) in [6.07, 6.45) is 0.500. The van der Waals surface area contributed by atoms with Crippen molar-refractivity contribution in [1.29, 1.82) is 0 Å². The summed E-state index contributed by atoms with van der Waals surface area (Å²) in [6, 6.07) is 17.3. The smallest absolute Gasteiger partial charge is 0.373 e. The van der Waals surface area contributed by atoms with Gasteiger partial charge in [0.05, 0.1) is 36.8 Å². The molecule has 2 aromatic carbocycles. The fourth-order valence-electron chi connectivity index (χ4n) is 3.90. The molecule has 0 amide bonds. The number of benzene rings is 2. The van der Waals surface area contributed by atoms with Crippen LogP contribution in [0.15, 0.2) is 53.0 Å². The number of fused-ring (bicyclic) bond motifs is 2. The minimum absolute atomic E-state index is 0.250. The molecule has 0 radical (unpaired) electrons. The van der Waals surface area contributed by atoms with Crippen LogP contribution in [0.4, 0.5) is 5.69 Å². The van der Waals surface area contributed by atoms with Gasteiger partial charge in [-0.05, 0) is 64.8 Å². The zero-order valence-electron chi connectivity index (χ0n) is 21.9. The van der Waals surface area contributed by atoms with Crippen LogP contribution in [0.2, 0.25) is 0 Å². The number of morpholine rings is 2. The van der Waals surface area contributed by atoms with E-state index in [-0.39, 0.29) is 12.3 Å². The number of carbonyl (C=O) groups excluding carboxylic acids is 4. The monoisotopic (exact) mass is 634 g/mol. The second kappa shape index (κ2) is 18.5. The van der Waals surface area contributed by atoms with Gasteiger partial charge in [0.15, 0.2) is 0 Å². The number of ether oxygens (including phenoxy) is 2. The molecule has 2 saturated heterocycles. The molecule has 11 heteroatoms. The van der Waals surface area contributed by atoms with Gasteiger partial charge in [0.1, 0.15) is 0 Å². The summed E-state index contributed by atoms with van der Waals surface area (Å²) < 4.78 is 14.4. The highest BCUT2D eigenvalue weighted by Gasteiger charge is 2.14. The number of hydrogen-bond acceptors (Lipinski definition) is 10. The molecule has 4 heterocycles. The summed E-state index contributed by atoms with van der Waals surface area (Å²) in [4.78, 5) is 37.7. The lowest BCUT2D eigenvalue weighted by Gasteiger charge is -2.29. The maximum Gasteiger partial charge on any atom is 0.373 e. The van der Waals surface area contributed by atoms with E-state index in [1.54, 1.807) is 0 Å². The van der Waals surface area contributed by atoms with Crippen molar-refractivity contribution in [3.05, 3.63) is 62.8 Å². The predicted octanol–water partition coefficient (Wildman–Crippen LogP) is 5.46. The Morgan fingerprint density at radius 3 is 1.74 bits per heavy atom. The zero-order chi connectivity index (χ0) is 28.5. The summed E-state index contributed by atoms with van der Waals surface area (Å²) in [6.45, 7) is 11.9. The highest BCUT2D eigenvalue weighted by Crippen LogP contribution is 2.34. The van der Waals surface area contributed by atoms with E-state index >= 15 is 0 Å². The van der Waals surface area contributed by atoms with Gasteiger partial charge in [0.25, 0.3) is 0 Å². The second-order valence-corrected chi connectivity index (χ2v) is 11.6. The number of nitrogens with one attached hydrogen (secondary N) is 1. The molecule has 0 bridgehead atoms. The van der Waals surface area contributed by atoms with E-state index in [9.17, 15) is 0 Å². The van der Waals surface area contributed by atoms with Crippen molar-refractivity contribution in [2.24, 2.45) is 0 Å². The van der Waals surface area contributed by atoms with E-state index in [0.717, 1.165) is 52.6 Å². The molecule has 208 valence electrons. The first-order valence-electron chi connectivity index (χ1n) is 12.2. The molecule has 2 aromatic heterocycles. The van der Waals surface area contributed by atoms with E-state index < -0.39 is 0 Å². The molecule has 0 atom stereocenters. The van der Waals surface area contributed by atoms with Gasteiger partial charge in [0.2, 0.25) is 0 Å². The van der Waals surface area contributed by atoms with Gasteiger partial charge in [-0.2, -0.15) is 19.2 Å². The van der Waals surface area contributed by atoms with Crippen molar-refractivity contribution in [1.82, 2.24) is 5.32 Å². The molecule has 4 aromatic rings. The van der Waals surface area contributed by atoms with Gasteiger partial charge in [-0.25, -0.2) is 0 Å². The Morgan fingerprint density at radius 1 is 0.769 bits per heavy atom. The standard InChI is InChI=1S/C13H15NOS.C9H7BrS.C4H9NO.2CO2/c1-10-9-11-3-2-4-12(13(11)16-10)14-5-7-15-8-6-14;1-6-5-7-3-2-4-8(10)9(7)11-6;1-3-6-4-2-5-1;2*2-1-3/h2-4,9H,5-8H2,1H3;2-5H,1H3;5H,1-4H2;;. The van der Waals surface area contributed by atoms with Crippen LogP contribution in [0.1, 0.15) is 9.75 Å². The highest BCUT2D eigenvalue weighted by atomic mass is 79.9. The Labute approximate surface area is 244 Å². The average Bonchev–Trinajstić information content (AvgIpc) is 3.53. The van der Waals surface area contributed by atoms with Crippen molar-refractivity contribution in [3.63, 3.8) is 0 Å². The molecule has 0 spiro atoms. The maximum absolute atomic E-state index is 8.12. The first kappa shape index (κ1) is 32.5. The van der Waals surface area contributed by atoms with E-state index in [4.69, 9.17) is 28.7 Å². The first-order chi connectivity index (χ1) is 18.9. The molecule has 39 heavy (non-hydrogen) atoms. The first-order valence-corrected chi connectivity index (χ1v) is 14.6. The van der Waals surface area contributed by atoms with E-state index in [1.807, 2.05) is 22.7 Å².